The van der Waals surface area contributed by atoms with E-state index >= 15 is 0 Å². The lowest BCUT2D eigenvalue weighted by Crippen LogP contribution is -2.45. The van der Waals surface area contributed by atoms with Gasteiger partial charge in [-0.1, -0.05) is 6.07 Å². The van der Waals surface area contributed by atoms with E-state index in [1.165, 1.54) is 4.90 Å². The highest BCUT2D eigenvalue weighted by Crippen LogP contribution is 2.32. The van der Waals surface area contributed by atoms with Crippen molar-refractivity contribution >= 4 is 33.7 Å². The topological polar surface area (TPSA) is 119 Å². The molecule has 3 N–H and O–H groups in total. The van der Waals surface area contributed by atoms with E-state index in [0.29, 0.717) is 5.56 Å². The summed E-state index contributed by atoms with van der Waals surface area (Å²) in [6.07, 6.45) is 1.43. The normalized spacial score (nSPS) is 14.4. The number of hydrogen-bond acceptors (Lipinski definition) is 4. The van der Waals surface area contributed by atoms with Gasteiger partial charge in [0.25, 0.3) is 5.91 Å². The largest absolute Gasteiger partial charge is 0.481 e. The van der Waals surface area contributed by atoms with E-state index in [4.69, 9.17) is 10.8 Å². The number of aliphatic carboxylic acids is 1. The second-order valence-electron chi connectivity index (χ2n) is 6.15. The van der Waals surface area contributed by atoms with E-state index in [1.807, 2.05) is 17.7 Å². The summed E-state index contributed by atoms with van der Waals surface area (Å²) in [6.45, 7) is 0.208. The number of carboxylic acids is 1. The number of carbonyl (C=O) groups is 3. The third-order valence-corrected chi connectivity index (χ3v) is 5.35. The first-order valence-electron chi connectivity index (χ1n) is 7.91. The smallest absolute Gasteiger partial charge is 0.303 e. The van der Waals surface area contributed by atoms with Crippen LogP contribution in [0.5, 0.6) is 0 Å². The van der Waals surface area contributed by atoms with Gasteiger partial charge in [-0.05, 0) is 40.0 Å². The summed E-state index contributed by atoms with van der Waals surface area (Å²) in [7, 11) is 1.86. The van der Waals surface area contributed by atoms with Crippen LogP contribution >= 0.6 is 15.9 Å². The van der Waals surface area contributed by atoms with Crippen LogP contribution in [0.15, 0.2) is 29.1 Å². The number of hydrogen-bond donors (Lipinski definition) is 2. The number of fused-ring (bicyclic) bond motifs is 1. The lowest BCUT2D eigenvalue weighted by atomic mass is 10.0. The number of imidazole rings is 1. The number of rotatable bonds is 6. The molecule has 0 radical (unpaired) electrons. The van der Waals surface area contributed by atoms with Crippen LogP contribution in [0, 0.1) is 0 Å². The second-order valence-corrected chi connectivity index (χ2v) is 6.90. The highest BCUT2D eigenvalue weighted by molar-refractivity contribution is 9.10. The summed E-state index contributed by atoms with van der Waals surface area (Å²) in [5.74, 6) is -2.07. The molecule has 26 heavy (non-hydrogen) atoms. The Morgan fingerprint density at radius 2 is 2.15 bits per heavy atom. The third kappa shape index (κ3) is 3.22. The van der Waals surface area contributed by atoms with E-state index in [2.05, 4.69) is 20.9 Å². The van der Waals surface area contributed by atoms with Crippen LogP contribution in [0.4, 0.5) is 0 Å². The average Bonchev–Trinajstić information content (AvgIpc) is 3.08. The number of amides is 2. The molecule has 1 aliphatic rings. The number of carboxylic acid groups (broad SMARTS) is 1. The number of carbonyl (C=O) groups excluding carboxylic acids is 2. The van der Waals surface area contributed by atoms with Gasteiger partial charge >= 0.3 is 5.97 Å². The highest BCUT2D eigenvalue weighted by Gasteiger charge is 2.35. The summed E-state index contributed by atoms with van der Waals surface area (Å²) < 4.78 is 2.64. The van der Waals surface area contributed by atoms with Crippen LogP contribution in [0.1, 0.15) is 28.8 Å². The maximum Gasteiger partial charge on any atom is 0.303 e. The molecular weight excluding hydrogens is 404 g/mol. The van der Waals surface area contributed by atoms with Crippen molar-refractivity contribution in [3.8, 4) is 11.3 Å². The Bertz CT molecular complexity index is 908. The number of primary amides is 1. The van der Waals surface area contributed by atoms with Gasteiger partial charge in [0.1, 0.15) is 16.3 Å². The first-order chi connectivity index (χ1) is 12.3. The van der Waals surface area contributed by atoms with Gasteiger partial charge in [-0.25, -0.2) is 4.98 Å². The van der Waals surface area contributed by atoms with Crippen molar-refractivity contribution in [1.82, 2.24) is 14.5 Å². The number of halogens is 1. The Hall–Kier alpha value is -2.68. The van der Waals surface area contributed by atoms with E-state index in [0.717, 1.165) is 21.4 Å². The molecule has 3 rings (SSSR count). The van der Waals surface area contributed by atoms with Gasteiger partial charge in [0.15, 0.2) is 0 Å². The number of benzene rings is 1. The lowest BCUT2D eigenvalue weighted by Gasteiger charge is -2.24. The Kier molecular flexibility index (Phi) is 4.82. The van der Waals surface area contributed by atoms with Crippen molar-refractivity contribution in [1.29, 1.82) is 0 Å². The highest BCUT2D eigenvalue weighted by atomic mass is 79.9. The second kappa shape index (κ2) is 6.91. The maximum absolute atomic E-state index is 12.6. The molecule has 0 fully saturated rings. The number of aryl methyl sites for hydroxylation is 1. The minimum absolute atomic E-state index is 0.0109. The molecule has 8 nitrogen and oxygen atoms in total. The molecule has 0 spiro atoms. The van der Waals surface area contributed by atoms with Crippen LogP contribution < -0.4 is 5.73 Å². The summed E-state index contributed by atoms with van der Waals surface area (Å²) >= 11 is 3.47. The molecular formula is C17H17BrN4O4. The van der Waals surface area contributed by atoms with Gasteiger partial charge in [0.2, 0.25) is 5.91 Å². The fourth-order valence-electron chi connectivity index (χ4n) is 3.06. The summed E-state index contributed by atoms with van der Waals surface area (Å²) in [4.78, 5) is 40.9. The Labute approximate surface area is 157 Å². The first kappa shape index (κ1) is 18.1. The number of nitrogens with zero attached hydrogens (tertiary/aromatic N) is 3. The molecule has 0 saturated carbocycles. The minimum atomic E-state index is -1.04. The molecule has 1 unspecified atom stereocenters. The predicted molar refractivity (Wildman–Crippen MR) is 96.1 cm³/mol. The summed E-state index contributed by atoms with van der Waals surface area (Å²) in [5, 5.41) is 8.85. The van der Waals surface area contributed by atoms with Crippen LogP contribution in [0.25, 0.3) is 11.3 Å². The zero-order valence-electron chi connectivity index (χ0n) is 14.0. The molecule has 2 amide bonds. The van der Waals surface area contributed by atoms with E-state index in [-0.39, 0.29) is 25.3 Å². The monoisotopic (exact) mass is 420 g/mol. The fraction of sp³-hybridized carbons (Fsp3) is 0.294. The van der Waals surface area contributed by atoms with Gasteiger partial charge in [0, 0.05) is 31.1 Å². The lowest BCUT2D eigenvalue weighted by molar-refractivity contribution is -0.137. The molecule has 2 heterocycles. The molecule has 1 atom stereocenters. The van der Waals surface area contributed by atoms with E-state index in [9.17, 15) is 14.4 Å². The molecule has 1 aliphatic heterocycles. The Balaban J connectivity index is 1.89. The van der Waals surface area contributed by atoms with Gasteiger partial charge in [-0.2, -0.15) is 0 Å². The SMILES string of the molecule is Cn1cnc(-c2ccc3c(c2)CN(C(CCC(=O)O)C(N)=O)C3=O)c1Br. The number of aromatic nitrogens is 2. The van der Waals surface area contributed by atoms with E-state index < -0.39 is 17.9 Å². The first-order valence-corrected chi connectivity index (χ1v) is 8.71. The molecule has 1 aromatic carbocycles. The fourth-order valence-corrected chi connectivity index (χ4v) is 3.49. The molecule has 2 aromatic rings. The maximum atomic E-state index is 12.6. The van der Waals surface area contributed by atoms with Crippen LogP contribution in [0.3, 0.4) is 0 Å². The summed E-state index contributed by atoms with van der Waals surface area (Å²) in [5.41, 5.74) is 8.23. The predicted octanol–water partition coefficient (Wildman–Crippen LogP) is 1.52. The van der Waals surface area contributed by atoms with Gasteiger partial charge in [-0.15, -0.1) is 0 Å². The van der Waals surface area contributed by atoms with Crippen molar-refractivity contribution in [2.45, 2.75) is 25.4 Å². The third-order valence-electron chi connectivity index (χ3n) is 4.41. The van der Waals surface area contributed by atoms with Gasteiger partial charge in [-0.3, -0.25) is 14.4 Å². The van der Waals surface area contributed by atoms with Crippen molar-refractivity contribution < 1.29 is 19.5 Å². The van der Waals surface area contributed by atoms with Crippen molar-refractivity contribution in [2.75, 3.05) is 0 Å². The number of nitrogens with two attached hydrogens (primary N) is 1. The van der Waals surface area contributed by atoms with Crippen LogP contribution in [-0.4, -0.2) is 43.4 Å². The zero-order valence-corrected chi connectivity index (χ0v) is 15.6. The van der Waals surface area contributed by atoms with Crippen LogP contribution in [0.2, 0.25) is 0 Å². The van der Waals surface area contributed by atoms with E-state index in [1.54, 1.807) is 18.5 Å². The Morgan fingerprint density at radius 1 is 1.42 bits per heavy atom. The quantitative estimate of drug-likeness (QED) is 0.733. The average molecular weight is 421 g/mol. The van der Waals surface area contributed by atoms with Crippen molar-refractivity contribution in [2.24, 2.45) is 12.8 Å². The molecule has 9 heteroatoms. The summed E-state index contributed by atoms with van der Waals surface area (Å²) in [6, 6.07) is 4.40. The zero-order chi connectivity index (χ0) is 19.0. The molecule has 0 bridgehead atoms. The van der Waals surface area contributed by atoms with Crippen molar-refractivity contribution in [3.63, 3.8) is 0 Å². The molecule has 0 saturated heterocycles. The molecule has 136 valence electrons. The molecule has 1 aromatic heterocycles. The van der Waals surface area contributed by atoms with Crippen LogP contribution in [-0.2, 0) is 23.2 Å². The standard InChI is InChI=1S/C17H17BrN4O4/c1-21-8-20-14(15(21)18)9-2-3-11-10(6-9)7-22(17(11)26)12(16(19)25)4-5-13(23)24/h2-3,6,8,12H,4-5,7H2,1H3,(H2,19,25)(H,23,24). The molecule has 0 aliphatic carbocycles. The minimum Gasteiger partial charge on any atom is -0.481 e. The van der Waals surface area contributed by atoms with Gasteiger partial charge in [0.05, 0.1) is 6.33 Å². The van der Waals surface area contributed by atoms with Crippen molar-refractivity contribution in [3.05, 3.63) is 40.3 Å². The Morgan fingerprint density at radius 3 is 2.73 bits per heavy atom. The van der Waals surface area contributed by atoms with Gasteiger partial charge < -0.3 is 20.3 Å².